The summed E-state index contributed by atoms with van der Waals surface area (Å²) in [5.74, 6) is 0.0798. The highest BCUT2D eigenvalue weighted by Crippen LogP contribution is 2.32. The minimum Gasteiger partial charge on any atom is -0.340 e. The number of hydrogen-bond acceptors (Lipinski definition) is 3. The number of rotatable bonds is 3. The first-order valence-corrected chi connectivity index (χ1v) is 8.42. The Labute approximate surface area is 128 Å². The van der Waals surface area contributed by atoms with Gasteiger partial charge in [0.2, 0.25) is 0 Å². The molecule has 1 unspecified atom stereocenters. The maximum atomic E-state index is 12.3. The second-order valence-electron chi connectivity index (χ2n) is 4.57. The van der Waals surface area contributed by atoms with Crippen LogP contribution in [0.15, 0.2) is 13.6 Å². The number of nitrogens with zero attached hydrogens (tertiary/aromatic N) is 1. The van der Waals surface area contributed by atoms with E-state index in [-0.39, 0.29) is 5.91 Å². The minimum atomic E-state index is 0.0798. The van der Waals surface area contributed by atoms with Gasteiger partial charge in [-0.2, -0.15) is 0 Å². The molecule has 6 heteroatoms. The van der Waals surface area contributed by atoms with Gasteiger partial charge in [-0.25, -0.2) is 0 Å². The van der Waals surface area contributed by atoms with Crippen LogP contribution >= 0.6 is 43.2 Å². The predicted molar refractivity (Wildman–Crippen MR) is 82.3 cm³/mol. The van der Waals surface area contributed by atoms with Crippen molar-refractivity contribution in [3.63, 3.8) is 0 Å². The van der Waals surface area contributed by atoms with Crippen molar-refractivity contribution in [2.75, 3.05) is 20.1 Å². The van der Waals surface area contributed by atoms with Gasteiger partial charge in [0.05, 0.1) is 13.1 Å². The third-order valence-electron chi connectivity index (χ3n) is 3.14. The van der Waals surface area contributed by atoms with E-state index in [2.05, 4.69) is 37.2 Å². The van der Waals surface area contributed by atoms with Gasteiger partial charge < -0.3 is 10.2 Å². The van der Waals surface area contributed by atoms with E-state index in [4.69, 9.17) is 0 Å². The molecule has 0 bridgehead atoms. The number of thiophene rings is 1. The molecular weight excluding hydrogens is 380 g/mol. The second kappa shape index (κ2) is 6.50. The zero-order chi connectivity index (χ0) is 13.1. The Morgan fingerprint density at radius 1 is 1.56 bits per heavy atom. The third kappa shape index (κ3) is 3.56. The molecule has 1 aromatic rings. The smallest absolute Gasteiger partial charge is 0.255 e. The third-order valence-corrected chi connectivity index (χ3v) is 5.48. The van der Waals surface area contributed by atoms with Gasteiger partial charge >= 0.3 is 0 Å². The maximum absolute atomic E-state index is 12.3. The first kappa shape index (κ1) is 14.5. The molecule has 1 atom stereocenters. The average molecular weight is 396 g/mol. The molecule has 0 spiro atoms. The van der Waals surface area contributed by atoms with E-state index < -0.39 is 0 Å². The number of likely N-dealkylation sites (N-methyl/N-ethyl adjacent to an activating group) is 1. The molecule has 1 saturated heterocycles. The summed E-state index contributed by atoms with van der Waals surface area (Å²) in [6, 6.07) is 2.32. The molecule has 2 rings (SSSR count). The lowest BCUT2D eigenvalue weighted by Gasteiger charge is -2.28. The molecule has 1 fully saturated rings. The Morgan fingerprint density at radius 2 is 2.33 bits per heavy atom. The molecule has 0 aromatic carbocycles. The monoisotopic (exact) mass is 394 g/mol. The van der Waals surface area contributed by atoms with Crippen molar-refractivity contribution in [1.29, 1.82) is 0 Å². The van der Waals surface area contributed by atoms with Gasteiger partial charge in [-0.3, -0.25) is 4.79 Å². The minimum absolute atomic E-state index is 0.0798. The highest BCUT2D eigenvalue weighted by molar-refractivity contribution is 9.12. The van der Waals surface area contributed by atoms with Crippen LogP contribution in [0.25, 0.3) is 0 Å². The van der Waals surface area contributed by atoms with Crippen LogP contribution in [-0.4, -0.2) is 37.0 Å². The summed E-state index contributed by atoms with van der Waals surface area (Å²) in [5.41, 5.74) is 0.741. The number of hydrogen-bond donors (Lipinski definition) is 1. The number of amides is 1. The summed E-state index contributed by atoms with van der Waals surface area (Å²) < 4.78 is 1.87. The lowest BCUT2D eigenvalue weighted by Crippen LogP contribution is -2.44. The van der Waals surface area contributed by atoms with Crippen molar-refractivity contribution in [2.24, 2.45) is 0 Å². The Balaban J connectivity index is 1.97. The van der Waals surface area contributed by atoms with Gasteiger partial charge in [0.25, 0.3) is 5.91 Å². The molecule has 0 radical (unpaired) electrons. The molecule has 1 amide bonds. The highest BCUT2D eigenvalue weighted by Gasteiger charge is 2.21. The Kier molecular flexibility index (Phi) is 5.24. The average Bonchev–Trinajstić information content (AvgIpc) is 2.68. The molecule has 2 heterocycles. The summed E-state index contributed by atoms with van der Waals surface area (Å²) in [7, 11) is 1.87. The fraction of sp³-hybridized carbons (Fsp3) is 0.583. The quantitative estimate of drug-likeness (QED) is 0.849. The van der Waals surface area contributed by atoms with E-state index in [1.807, 2.05) is 18.0 Å². The number of nitrogens with one attached hydrogen (secondary N) is 1. The van der Waals surface area contributed by atoms with Crippen molar-refractivity contribution < 1.29 is 4.79 Å². The topological polar surface area (TPSA) is 32.3 Å². The number of carbonyl (C=O) groups is 1. The van der Waals surface area contributed by atoms with Gasteiger partial charge in [-0.1, -0.05) is 6.42 Å². The lowest BCUT2D eigenvalue weighted by atomic mass is 10.0. The highest BCUT2D eigenvalue weighted by atomic mass is 79.9. The van der Waals surface area contributed by atoms with Crippen molar-refractivity contribution >= 4 is 49.1 Å². The van der Waals surface area contributed by atoms with Crippen LogP contribution in [0, 0.1) is 0 Å². The molecule has 1 aromatic heterocycles. The zero-order valence-corrected chi connectivity index (χ0v) is 14.2. The van der Waals surface area contributed by atoms with Gasteiger partial charge in [0.1, 0.15) is 0 Å². The standard InChI is InChI=1S/C12H16Br2N2OS/c1-16(7-8-4-2-3-5-15-8)12(17)9-6-10(13)18-11(9)14/h6,8,15H,2-5,7H2,1H3. The van der Waals surface area contributed by atoms with E-state index >= 15 is 0 Å². The van der Waals surface area contributed by atoms with Gasteiger partial charge in [-0.05, 0) is 57.3 Å². The van der Waals surface area contributed by atoms with Crippen LogP contribution in [0.4, 0.5) is 0 Å². The fourth-order valence-electron chi connectivity index (χ4n) is 2.19. The van der Waals surface area contributed by atoms with Crippen molar-refractivity contribution in [3.05, 3.63) is 19.2 Å². The van der Waals surface area contributed by atoms with E-state index in [0.29, 0.717) is 6.04 Å². The number of carbonyl (C=O) groups excluding carboxylic acids is 1. The molecule has 1 aliphatic rings. The van der Waals surface area contributed by atoms with Crippen LogP contribution in [-0.2, 0) is 0 Å². The maximum Gasteiger partial charge on any atom is 0.255 e. The van der Waals surface area contributed by atoms with Crippen LogP contribution in [0.2, 0.25) is 0 Å². The summed E-state index contributed by atoms with van der Waals surface area (Å²) in [6.07, 6.45) is 3.66. The van der Waals surface area contributed by atoms with Crippen LogP contribution in [0.1, 0.15) is 29.6 Å². The summed E-state index contributed by atoms with van der Waals surface area (Å²) in [5, 5.41) is 3.46. The van der Waals surface area contributed by atoms with Crippen LogP contribution in [0.3, 0.4) is 0 Å². The summed E-state index contributed by atoms with van der Waals surface area (Å²) in [6.45, 7) is 1.85. The molecule has 1 aliphatic heterocycles. The Bertz CT molecular complexity index is 430. The fourth-order valence-corrected chi connectivity index (χ4v) is 4.96. The van der Waals surface area contributed by atoms with Crippen molar-refractivity contribution in [1.82, 2.24) is 10.2 Å². The van der Waals surface area contributed by atoms with E-state index in [0.717, 1.165) is 32.6 Å². The molecule has 100 valence electrons. The van der Waals surface area contributed by atoms with E-state index in [1.165, 1.54) is 24.2 Å². The lowest BCUT2D eigenvalue weighted by molar-refractivity contribution is 0.0775. The SMILES string of the molecule is CN(CC1CCCCN1)C(=O)c1cc(Br)sc1Br. The Morgan fingerprint density at radius 3 is 2.89 bits per heavy atom. The van der Waals surface area contributed by atoms with Crippen LogP contribution < -0.4 is 5.32 Å². The molecule has 1 N–H and O–H groups in total. The van der Waals surface area contributed by atoms with Gasteiger partial charge in [-0.15, -0.1) is 11.3 Å². The van der Waals surface area contributed by atoms with E-state index in [1.54, 1.807) is 0 Å². The van der Waals surface area contributed by atoms with E-state index in [9.17, 15) is 4.79 Å². The molecule has 0 aliphatic carbocycles. The molecule has 18 heavy (non-hydrogen) atoms. The van der Waals surface area contributed by atoms with Crippen molar-refractivity contribution in [2.45, 2.75) is 25.3 Å². The number of piperidine rings is 1. The van der Waals surface area contributed by atoms with Gasteiger partial charge in [0, 0.05) is 19.6 Å². The van der Waals surface area contributed by atoms with Gasteiger partial charge in [0.15, 0.2) is 0 Å². The van der Waals surface area contributed by atoms with Crippen LogP contribution in [0.5, 0.6) is 0 Å². The largest absolute Gasteiger partial charge is 0.340 e. The molecule has 0 saturated carbocycles. The molecule has 3 nitrogen and oxygen atoms in total. The second-order valence-corrected chi connectivity index (χ2v) is 8.32. The van der Waals surface area contributed by atoms with Crippen molar-refractivity contribution in [3.8, 4) is 0 Å². The Hall–Kier alpha value is 0.0900. The first-order chi connectivity index (χ1) is 8.58. The first-order valence-electron chi connectivity index (χ1n) is 6.01. The summed E-state index contributed by atoms with van der Waals surface area (Å²) >= 11 is 8.37. The predicted octanol–water partition coefficient (Wildman–Crippen LogP) is 3.49. The normalized spacial score (nSPS) is 19.8. The number of halogens is 2. The molecular formula is C12H16Br2N2OS. The zero-order valence-electron chi connectivity index (χ0n) is 10.2. The summed E-state index contributed by atoms with van der Waals surface area (Å²) in [4.78, 5) is 14.1.